The minimum Gasteiger partial charge on any atom is -0.497 e. The Kier molecular flexibility index (Phi) is 5.98. The molecule has 0 aliphatic carbocycles. The molecule has 130 valence electrons. The topological polar surface area (TPSA) is 61.2 Å². The molecule has 2 aromatic rings. The summed E-state index contributed by atoms with van der Waals surface area (Å²) in [7, 11) is 3.72. The number of rotatable bonds is 7. The lowest BCUT2D eigenvalue weighted by Gasteiger charge is -2.21. The zero-order valence-electron chi connectivity index (χ0n) is 14.2. The molecule has 0 atom stereocenters. The SMILES string of the molecule is COc1ccc(OCCSc2nnc(C3CCNCC3)n2C)cc1. The Morgan fingerprint density at radius 3 is 2.58 bits per heavy atom. The molecule has 0 unspecified atom stereocenters. The Morgan fingerprint density at radius 1 is 1.17 bits per heavy atom. The summed E-state index contributed by atoms with van der Waals surface area (Å²) in [4.78, 5) is 0. The third kappa shape index (κ3) is 4.21. The molecule has 1 N–H and O–H groups in total. The number of ether oxygens (including phenoxy) is 2. The first-order chi connectivity index (χ1) is 11.8. The second-order valence-electron chi connectivity index (χ2n) is 5.80. The summed E-state index contributed by atoms with van der Waals surface area (Å²) >= 11 is 1.68. The minimum atomic E-state index is 0.522. The van der Waals surface area contributed by atoms with E-state index in [2.05, 4.69) is 27.1 Å². The number of hydrogen-bond acceptors (Lipinski definition) is 6. The van der Waals surface area contributed by atoms with Gasteiger partial charge < -0.3 is 19.4 Å². The first-order valence-corrected chi connectivity index (χ1v) is 9.26. The zero-order valence-corrected chi connectivity index (χ0v) is 15.0. The van der Waals surface area contributed by atoms with Gasteiger partial charge in [-0.2, -0.15) is 0 Å². The van der Waals surface area contributed by atoms with Crippen LogP contribution in [0.1, 0.15) is 24.6 Å². The third-order valence-corrected chi connectivity index (χ3v) is 5.20. The quantitative estimate of drug-likeness (QED) is 0.613. The Morgan fingerprint density at radius 2 is 1.88 bits per heavy atom. The fraction of sp³-hybridized carbons (Fsp3) is 0.529. The van der Waals surface area contributed by atoms with Crippen molar-refractivity contribution in [2.75, 3.05) is 32.6 Å². The fourth-order valence-electron chi connectivity index (χ4n) is 2.85. The number of nitrogens with zero attached hydrogens (tertiary/aromatic N) is 3. The van der Waals surface area contributed by atoms with E-state index >= 15 is 0 Å². The lowest BCUT2D eigenvalue weighted by Crippen LogP contribution is -2.27. The summed E-state index contributed by atoms with van der Waals surface area (Å²) in [6, 6.07) is 7.63. The van der Waals surface area contributed by atoms with Gasteiger partial charge in [0.1, 0.15) is 17.3 Å². The number of benzene rings is 1. The second kappa shape index (κ2) is 8.39. The van der Waals surface area contributed by atoms with Crippen LogP contribution in [-0.4, -0.2) is 47.3 Å². The molecule has 0 spiro atoms. The van der Waals surface area contributed by atoms with E-state index in [1.54, 1.807) is 18.9 Å². The predicted octanol–water partition coefficient (Wildman–Crippen LogP) is 2.46. The van der Waals surface area contributed by atoms with Gasteiger partial charge in [0.15, 0.2) is 5.16 Å². The smallest absolute Gasteiger partial charge is 0.191 e. The minimum absolute atomic E-state index is 0.522. The van der Waals surface area contributed by atoms with Gasteiger partial charge in [0.05, 0.1) is 13.7 Å². The lowest BCUT2D eigenvalue weighted by atomic mass is 9.97. The van der Waals surface area contributed by atoms with E-state index in [0.717, 1.165) is 54.2 Å². The van der Waals surface area contributed by atoms with Crippen LogP contribution in [0.4, 0.5) is 0 Å². The van der Waals surface area contributed by atoms with Crippen molar-refractivity contribution in [3.8, 4) is 11.5 Å². The van der Waals surface area contributed by atoms with E-state index in [1.807, 2.05) is 24.3 Å². The van der Waals surface area contributed by atoms with Gasteiger partial charge in [-0.25, -0.2) is 0 Å². The van der Waals surface area contributed by atoms with Gasteiger partial charge in [-0.1, -0.05) is 11.8 Å². The summed E-state index contributed by atoms with van der Waals surface area (Å²) in [6.45, 7) is 2.76. The number of thioether (sulfide) groups is 1. The number of nitrogens with one attached hydrogen (secondary N) is 1. The van der Waals surface area contributed by atoms with Gasteiger partial charge in [0.25, 0.3) is 0 Å². The van der Waals surface area contributed by atoms with Crippen molar-refractivity contribution < 1.29 is 9.47 Å². The van der Waals surface area contributed by atoms with E-state index in [9.17, 15) is 0 Å². The molecule has 7 heteroatoms. The van der Waals surface area contributed by atoms with Crippen molar-refractivity contribution >= 4 is 11.8 Å². The average Bonchev–Trinajstić information content (AvgIpc) is 3.00. The summed E-state index contributed by atoms with van der Waals surface area (Å²) in [6.07, 6.45) is 2.27. The summed E-state index contributed by atoms with van der Waals surface area (Å²) < 4.78 is 13.0. The van der Waals surface area contributed by atoms with Crippen LogP contribution in [0, 0.1) is 0 Å². The molecule has 0 bridgehead atoms. The molecular weight excluding hydrogens is 324 g/mol. The highest BCUT2D eigenvalue weighted by molar-refractivity contribution is 7.99. The average molecular weight is 348 g/mol. The predicted molar refractivity (Wildman–Crippen MR) is 95.1 cm³/mol. The number of piperidine rings is 1. The molecule has 1 aromatic carbocycles. The van der Waals surface area contributed by atoms with E-state index in [0.29, 0.717) is 12.5 Å². The third-order valence-electron chi connectivity index (χ3n) is 4.22. The molecule has 1 aliphatic heterocycles. The molecule has 6 nitrogen and oxygen atoms in total. The first-order valence-electron chi connectivity index (χ1n) is 8.27. The van der Waals surface area contributed by atoms with Crippen LogP contribution < -0.4 is 14.8 Å². The maximum atomic E-state index is 5.75. The van der Waals surface area contributed by atoms with Crippen LogP contribution in [0.5, 0.6) is 11.5 Å². The van der Waals surface area contributed by atoms with Crippen molar-refractivity contribution in [1.29, 1.82) is 0 Å². The van der Waals surface area contributed by atoms with Crippen molar-refractivity contribution in [1.82, 2.24) is 20.1 Å². The second-order valence-corrected chi connectivity index (χ2v) is 6.86. The standard InChI is InChI=1S/C17H24N4O2S/c1-21-16(13-7-9-18-10-8-13)19-20-17(21)24-12-11-23-15-5-3-14(22-2)4-6-15/h3-6,13,18H,7-12H2,1-2H3. The molecule has 0 amide bonds. The van der Waals surface area contributed by atoms with Gasteiger partial charge in [-0.3, -0.25) is 0 Å². The monoisotopic (exact) mass is 348 g/mol. The number of hydrogen-bond donors (Lipinski definition) is 1. The highest BCUT2D eigenvalue weighted by Gasteiger charge is 2.21. The van der Waals surface area contributed by atoms with Crippen molar-refractivity contribution in [3.63, 3.8) is 0 Å². The van der Waals surface area contributed by atoms with Crippen molar-refractivity contribution in [2.45, 2.75) is 23.9 Å². The largest absolute Gasteiger partial charge is 0.497 e. The van der Waals surface area contributed by atoms with Gasteiger partial charge in [0.2, 0.25) is 0 Å². The molecule has 1 aliphatic rings. The summed E-state index contributed by atoms with van der Waals surface area (Å²) in [5, 5.41) is 13.1. The molecule has 24 heavy (non-hydrogen) atoms. The highest BCUT2D eigenvalue weighted by Crippen LogP contribution is 2.26. The summed E-state index contributed by atoms with van der Waals surface area (Å²) in [5.74, 6) is 4.15. The highest BCUT2D eigenvalue weighted by atomic mass is 32.2. The molecule has 1 aromatic heterocycles. The Balaban J connectivity index is 1.47. The van der Waals surface area contributed by atoms with E-state index in [1.165, 1.54) is 0 Å². The Bertz CT molecular complexity index is 639. The van der Waals surface area contributed by atoms with Crippen molar-refractivity contribution in [2.24, 2.45) is 7.05 Å². The van der Waals surface area contributed by atoms with Crippen molar-refractivity contribution in [3.05, 3.63) is 30.1 Å². The van der Waals surface area contributed by atoms with Gasteiger partial charge in [-0.15, -0.1) is 10.2 Å². The van der Waals surface area contributed by atoms with Crippen LogP contribution in [0.3, 0.4) is 0 Å². The van der Waals surface area contributed by atoms with E-state index in [-0.39, 0.29) is 0 Å². The number of methoxy groups -OCH3 is 1. The van der Waals surface area contributed by atoms with Crippen LogP contribution in [0.25, 0.3) is 0 Å². The van der Waals surface area contributed by atoms with Crippen LogP contribution in [0.15, 0.2) is 29.4 Å². The normalized spacial score (nSPS) is 15.4. The van der Waals surface area contributed by atoms with Gasteiger partial charge in [-0.05, 0) is 50.2 Å². The zero-order chi connectivity index (χ0) is 16.8. The molecule has 0 saturated carbocycles. The van der Waals surface area contributed by atoms with E-state index < -0.39 is 0 Å². The molecule has 3 rings (SSSR count). The fourth-order valence-corrected chi connectivity index (χ4v) is 3.59. The van der Waals surface area contributed by atoms with Crippen LogP contribution in [0.2, 0.25) is 0 Å². The van der Waals surface area contributed by atoms with E-state index in [4.69, 9.17) is 9.47 Å². The van der Waals surface area contributed by atoms with Crippen LogP contribution >= 0.6 is 11.8 Å². The maximum Gasteiger partial charge on any atom is 0.191 e. The van der Waals surface area contributed by atoms with Crippen LogP contribution in [-0.2, 0) is 7.05 Å². The lowest BCUT2D eigenvalue weighted by molar-refractivity contribution is 0.342. The number of aromatic nitrogens is 3. The molecule has 1 saturated heterocycles. The molecule has 0 radical (unpaired) electrons. The van der Waals surface area contributed by atoms with Gasteiger partial charge >= 0.3 is 0 Å². The Hall–Kier alpha value is -1.73. The Labute approximate surface area is 146 Å². The molecule has 1 fully saturated rings. The first kappa shape index (κ1) is 17.1. The maximum absolute atomic E-state index is 5.75. The molecule has 2 heterocycles. The summed E-state index contributed by atoms with van der Waals surface area (Å²) in [5.41, 5.74) is 0. The van der Waals surface area contributed by atoms with Gasteiger partial charge in [0, 0.05) is 18.7 Å². The molecular formula is C17H24N4O2S.